The third-order valence-electron chi connectivity index (χ3n) is 14.3. The molecule has 3 aliphatic rings. The predicted molar refractivity (Wildman–Crippen MR) is 298 cm³/mol. The quantitative estimate of drug-likeness (QED) is 0.166. The third-order valence-corrected chi connectivity index (χ3v) is 14.3. The molecule has 10 aromatic rings. The summed E-state index contributed by atoms with van der Waals surface area (Å²) in [7, 11) is 0. The summed E-state index contributed by atoms with van der Waals surface area (Å²) < 4.78 is 0. The molecule has 13 rings (SSSR count). The second-order valence-electron chi connectivity index (χ2n) is 18.6. The van der Waals surface area contributed by atoms with Crippen LogP contribution in [0.1, 0.15) is 66.8 Å². The van der Waals surface area contributed by atoms with Gasteiger partial charge in [-0.25, -0.2) is 0 Å². The Bertz CT molecular complexity index is 3340. The monoisotopic (exact) mass is 924 g/mol. The van der Waals surface area contributed by atoms with Crippen LogP contribution < -0.4 is 14.7 Å². The van der Waals surface area contributed by atoms with Crippen molar-refractivity contribution in [2.24, 2.45) is 0 Å². The van der Waals surface area contributed by atoms with Crippen LogP contribution in [-0.2, 0) is 0 Å². The van der Waals surface area contributed by atoms with Crippen LogP contribution in [0.3, 0.4) is 0 Å². The number of benzene rings is 9. The molecular formula is C66H48N6. The molecule has 6 heteroatoms. The van der Waals surface area contributed by atoms with Gasteiger partial charge in [0.1, 0.15) is 0 Å². The zero-order chi connectivity index (χ0) is 48.3. The van der Waals surface area contributed by atoms with Gasteiger partial charge in [-0.2, -0.15) is 15.0 Å². The van der Waals surface area contributed by atoms with Gasteiger partial charge in [-0.05, 0) is 125 Å². The summed E-state index contributed by atoms with van der Waals surface area (Å²) in [5.41, 5.74) is 23.0. The minimum atomic E-state index is 0.497. The molecular weight excluding hydrogens is 877 g/mol. The van der Waals surface area contributed by atoms with Gasteiger partial charge in [-0.3, -0.25) is 14.7 Å². The smallest absolute Gasteiger partial charge is 0.241 e. The Balaban J connectivity index is 1.08. The van der Waals surface area contributed by atoms with Crippen LogP contribution in [0.5, 0.6) is 0 Å². The molecule has 0 N–H and O–H groups in total. The molecule has 0 saturated carbocycles. The minimum Gasteiger partial charge on any atom is -0.278 e. The molecule has 3 aliphatic heterocycles. The Kier molecular flexibility index (Phi) is 10.4. The standard InChI is InChI=1S/C66H48N6/c1-43-22-4-7-25-46(43)40-55-49-28-10-16-34-58(49)70(59-35-17-11-29-50(55)59)64-67-65(71-60-36-18-12-30-51(60)56(52-31-13-19-37-61(52)71)41-47-26-8-5-23-44(47)2)69-66(68-64)72-62-38-20-14-32-53(62)57(54-33-15-21-39-63(54)72)42-48-27-9-6-24-45(48)3/h4-42H,1-3H3. The Labute approximate surface area is 420 Å². The first kappa shape index (κ1) is 42.7. The Morgan fingerprint density at radius 3 is 0.667 bits per heavy atom. The van der Waals surface area contributed by atoms with Crippen LogP contribution in [0.15, 0.2) is 218 Å². The summed E-state index contributed by atoms with van der Waals surface area (Å²) in [5, 5.41) is 0. The lowest BCUT2D eigenvalue weighted by molar-refractivity contribution is 0.954. The molecule has 0 radical (unpaired) electrons. The van der Waals surface area contributed by atoms with Crippen molar-refractivity contribution in [1.82, 2.24) is 15.0 Å². The number of aromatic nitrogens is 3. The Morgan fingerprint density at radius 1 is 0.250 bits per heavy atom. The van der Waals surface area contributed by atoms with Crippen LogP contribution >= 0.6 is 0 Å². The molecule has 0 fully saturated rings. The number of fused-ring (bicyclic) bond motifs is 6. The van der Waals surface area contributed by atoms with Crippen molar-refractivity contribution in [1.29, 1.82) is 0 Å². The average molecular weight is 925 g/mol. The van der Waals surface area contributed by atoms with Crippen LogP contribution in [-0.4, -0.2) is 15.0 Å². The number of anilines is 9. The van der Waals surface area contributed by atoms with Crippen molar-refractivity contribution in [3.63, 3.8) is 0 Å². The fraction of sp³-hybridized carbons (Fsp3) is 0.0455. The highest BCUT2D eigenvalue weighted by molar-refractivity contribution is 6.09. The van der Waals surface area contributed by atoms with E-state index < -0.39 is 0 Å². The summed E-state index contributed by atoms with van der Waals surface area (Å²) in [6.07, 6.45) is 6.96. The highest BCUT2D eigenvalue weighted by atomic mass is 15.4. The van der Waals surface area contributed by atoms with Gasteiger partial charge < -0.3 is 0 Å². The van der Waals surface area contributed by atoms with Gasteiger partial charge in [0.15, 0.2) is 0 Å². The largest absolute Gasteiger partial charge is 0.278 e. The van der Waals surface area contributed by atoms with E-state index in [2.05, 4.69) is 272 Å². The van der Waals surface area contributed by atoms with E-state index in [1.807, 2.05) is 0 Å². The fourth-order valence-electron chi connectivity index (χ4n) is 10.7. The van der Waals surface area contributed by atoms with Crippen molar-refractivity contribution < 1.29 is 0 Å². The first-order chi connectivity index (χ1) is 35.5. The summed E-state index contributed by atoms with van der Waals surface area (Å²) in [4.78, 5) is 23.7. The van der Waals surface area contributed by atoms with Crippen molar-refractivity contribution in [2.45, 2.75) is 20.8 Å². The number of nitrogens with zero attached hydrogens (tertiary/aromatic N) is 6. The van der Waals surface area contributed by atoms with E-state index >= 15 is 0 Å². The fourth-order valence-corrected chi connectivity index (χ4v) is 10.7. The van der Waals surface area contributed by atoms with Crippen LogP contribution in [0.4, 0.5) is 52.0 Å². The summed E-state index contributed by atoms with van der Waals surface area (Å²) in [6, 6.07) is 77.4. The molecule has 0 amide bonds. The summed E-state index contributed by atoms with van der Waals surface area (Å²) >= 11 is 0. The number of hydrogen-bond acceptors (Lipinski definition) is 6. The molecule has 0 aliphatic carbocycles. The van der Waals surface area contributed by atoms with Gasteiger partial charge in [0.05, 0.1) is 34.1 Å². The Morgan fingerprint density at radius 2 is 0.444 bits per heavy atom. The zero-order valence-corrected chi connectivity index (χ0v) is 40.2. The zero-order valence-electron chi connectivity index (χ0n) is 40.2. The van der Waals surface area contributed by atoms with Crippen molar-refractivity contribution in [3.05, 3.63) is 285 Å². The van der Waals surface area contributed by atoms with E-state index in [1.165, 1.54) is 33.4 Å². The lowest BCUT2D eigenvalue weighted by Crippen LogP contribution is -2.27. The van der Waals surface area contributed by atoms with Gasteiger partial charge in [0, 0.05) is 33.4 Å². The number of hydrogen-bond donors (Lipinski definition) is 0. The maximum atomic E-state index is 5.66. The van der Waals surface area contributed by atoms with Gasteiger partial charge in [0.25, 0.3) is 0 Å². The lowest BCUT2D eigenvalue weighted by Gasteiger charge is -2.37. The van der Waals surface area contributed by atoms with E-state index in [9.17, 15) is 0 Å². The first-order valence-corrected chi connectivity index (χ1v) is 24.5. The molecule has 0 bridgehead atoms. The van der Waals surface area contributed by atoms with E-state index in [1.54, 1.807) is 0 Å². The number of aryl methyl sites for hydroxylation is 3. The van der Waals surface area contributed by atoms with E-state index in [0.29, 0.717) is 17.8 Å². The van der Waals surface area contributed by atoms with Gasteiger partial charge in [-0.1, -0.05) is 182 Å². The minimum absolute atomic E-state index is 0.497. The number of para-hydroxylation sites is 6. The average Bonchev–Trinajstić information content (AvgIpc) is 3.42. The van der Waals surface area contributed by atoms with Gasteiger partial charge in [-0.15, -0.1) is 0 Å². The number of rotatable bonds is 6. The van der Waals surface area contributed by atoms with Crippen LogP contribution in [0.25, 0.3) is 34.9 Å². The third kappa shape index (κ3) is 7.15. The first-order valence-electron chi connectivity index (χ1n) is 24.5. The lowest BCUT2D eigenvalue weighted by atomic mass is 9.88. The molecule has 72 heavy (non-hydrogen) atoms. The maximum Gasteiger partial charge on any atom is 0.241 e. The SMILES string of the molecule is Cc1ccccc1C=C1c2ccccc2N(c2nc(N3c4ccccc4C(=Cc4ccccc4C)c4ccccc43)nc(N3c4ccccc4C(=Cc4ccccc4C)c4ccccc43)n2)c2ccccc21. The summed E-state index contributed by atoms with van der Waals surface area (Å²) in [5.74, 6) is 1.49. The molecule has 9 aromatic carbocycles. The molecule has 1 aromatic heterocycles. The van der Waals surface area contributed by atoms with Crippen molar-refractivity contribution >= 4 is 86.9 Å². The molecule has 4 heterocycles. The van der Waals surface area contributed by atoms with E-state index in [-0.39, 0.29) is 0 Å². The van der Waals surface area contributed by atoms with Crippen LogP contribution in [0.2, 0.25) is 0 Å². The molecule has 0 unspecified atom stereocenters. The van der Waals surface area contributed by atoms with Gasteiger partial charge >= 0.3 is 0 Å². The predicted octanol–water partition coefficient (Wildman–Crippen LogP) is 16.9. The molecule has 0 spiro atoms. The van der Waals surface area contributed by atoms with Gasteiger partial charge in [0.2, 0.25) is 17.8 Å². The molecule has 342 valence electrons. The van der Waals surface area contributed by atoms with Crippen molar-refractivity contribution in [2.75, 3.05) is 14.7 Å². The van der Waals surface area contributed by atoms with Crippen molar-refractivity contribution in [3.8, 4) is 0 Å². The van der Waals surface area contributed by atoms with Crippen LogP contribution in [0, 0.1) is 20.8 Å². The normalized spacial score (nSPS) is 13.0. The van der Waals surface area contributed by atoms with E-state index in [4.69, 9.17) is 15.0 Å². The molecule has 6 nitrogen and oxygen atoms in total. The molecule has 0 atom stereocenters. The summed E-state index contributed by atoms with van der Waals surface area (Å²) in [6.45, 7) is 6.51. The second-order valence-corrected chi connectivity index (χ2v) is 18.6. The highest BCUT2D eigenvalue weighted by Gasteiger charge is 2.36. The second kappa shape index (κ2) is 17.5. The maximum absolute atomic E-state index is 5.66. The topological polar surface area (TPSA) is 48.4 Å². The highest BCUT2D eigenvalue weighted by Crippen LogP contribution is 2.54. The Hall–Kier alpha value is -9.39. The van der Waals surface area contributed by atoms with E-state index in [0.717, 1.165) is 84.2 Å². The molecule has 0 saturated heterocycles.